The zero-order valence-electron chi connectivity index (χ0n) is 19.7. The van der Waals surface area contributed by atoms with Crippen LogP contribution in [0.1, 0.15) is 49.1 Å². The number of dihydropyridines is 1. The maximum atomic E-state index is 13.2. The number of rotatable bonds is 9. The summed E-state index contributed by atoms with van der Waals surface area (Å²) in [6.07, 6.45) is 0.883. The lowest BCUT2D eigenvalue weighted by Gasteiger charge is -2.31. The van der Waals surface area contributed by atoms with Gasteiger partial charge in [0.25, 0.3) is 5.69 Å². The van der Waals surface area contributed by atoms with Gasteiger partial charge in [-0.3, -0.25) is 10.1 Å². The number of esters is 2. The monoisotopic (exact) mass is 498 g/mol. The molecule has 1 aliphatic heterocycles. The molecule has 0 aliphatic carbocycles. The molecule has 184 valence electrons. The summed E-state index contributed by atoms with van der Waals surface area (Å²) in [5.41, 5.74) is 2.62. The van der Waals surface area contributed by atoms with E-state index in [1.165, 1.54) is 25.3 Å². The molecule has 0 saturated heterocycles. The molecule has 8 nitrogen and oxygen atoms in total. The van der Waals surface area contributed by atoms with E-state index in [9.17, 15) is 19.7 Å². The lowest BCUT2D eigenvalue weighted by molar-refractivity contribution is -0.384. The molecule has 3 rings (SSSR count). The first-order valence-electron chi connectivity index (χ1n) is 11.2. The maximum absolute atomic E-state index is 13.2. The predicted molar refractivity (Wildman–Crippen MR) is 132 cm³/mol. The van der Waals surface area contributed by atoms with E-state index in [1.54, 1.807) is 19.9 Å². The van der Waals surface area contributed by atoms with Crippen molar-refractivity contribution in [2.75, 3.05) is 13.7 Å². The summed E-state index contributed by atoms with van der Waals surface area (Å²) in [5.74, 6) is -2.18. The molecule has 1 aliphatic rings. The highest BCUT2D eigenvalue weighted by Gasteiger charge is 2.39. The smallest absolute Gasteiger partial charge is 0.336 e. The number of halogens is 1. The molecule has 1 N–H and O–H groups in total. The first kappa shape index (κ1) is 26.0. The summed E-state index contributed by atoms with van der Waals surface area (Å²) in [6.45, 7) is 3.51. The average molecular weight is 499 g/mol. The van der Waals surface area contributed by atoms with Crippen LogP contribution in [0.3, 0.4) is 0 Å². The molecular weight excluding hydrogens is 472 g/mol. The van der Waals surface area contributed by atoms with E-state index < -0.39 is 22.8 Å². The minimum absolute atomic E-state index is 0.121. The fourth-order valence-corrected chi connectivity index (χ4v) is 4.43. The zero-order chi connectivity index (χ0) is 25.5. The zero-order valence-corrected chi connectivity index (χ0v) is 20.5. The fraction of sp³-hybridized carbons (Fsp3) is 0.308. The summed E-state index contributed by atoms with van der Waals surface area (Å²) in [5, 5.41) is 14.3. The number of nitrogens with zero attached hydrogens (tertiary/aromatic N) is 1. The van der Waals surface area contributed by atoms with Gasteiger partial charge in [-0.15, -0.1) is 11.6 Å². The second kappa shape index (κ2) is 11.7. The summed E-state index contributed by atoms with van der Waals surface area (Å²) >= 11 is 6.63. The molecule has 0 amide bonds. The molecule has 0 radical (unpaired) electrons. The molecule has 2 atom stereocenters. The summed E-state index contributed by atoms with van der Waals surface area (Å²) in [4.78, 5) is 37.0. The van der Waals surface area contributed by atoms with Crippen molar-refractivity contribution in [1.82, 2.24) is 5.32 Å². The number of non-ortho nitro benzene ring substituents is 1. The molecule has 0 aromatic heterocycles. The van der Waals surface area contributed by atoms with Crippen molar-refractivity contribution in [1.29, 1.82) is 0 Å². The van der Waals surface area contributed by atoms with E-state index in [2.05, 4.69) is 5.32 Å². The number of alkyl halides is 1. The number of hydrogen-bond donors (Lipinski definition) is 1. The lowest BCUT2D eigenvalue weighted by Crippen LogP contribution is -2.33. The number of ether oxygens (including phenoxy) is 2. The summed E-state index contributed by atoms with van der Waals surface area (Å²) in [6, 6.07) is 15.4. The van der Waals surface area contributed by atoms with Gasteiger partial charge in [0.1, 0.15) is 0 Å². The van der Waals surface area contributed by atoms with Crippen molar-refractivity contribution in [3.63, 3.8) is 0 Å². The Morgan fingerprint density at radius 2 is 1.83 bits per heavy atom. The number of benzene rings is 2. The van der Waals surface area contributed by atoms with E-state index >= 15 is 0 Å². The Labute approximate surface area is 208 Å². The quantitative estimate of drug-likeness (QED) is 0.216. The molecule has 2 aromatic carbocycles. The van der Waals surface area contributed by atoms with Crippen molar-refractivity contribution < 1.29 is 24.0 Å². The number of carbonyl (C=O) groups is 2. The van der Waals surface area contributed by atoms with Crippen LogP contribution in [-0.2, 0) is 19.1 Å². The standard InChI is InChI=1S/C26H27ClN2O6/c1-4-35-26(31)24-21(14-13-20(27)17-9-6-5-7-10-17)28-16(2)22(25(30)34-3)23(24)18-11-8-12-19(15-18)29(32)33/h5-12,15,20,23,28H,4,13-14H2,1-3H3. The van der Waals surface area contributed by atoms with Crippen LogP contribution in [0.15, 0.2) is 77.1 Å². The Morgan fingerprint density at radius 1 is 1.11 bits per heavy atom. The third-order valence-electron chi connectivity index (χ3n) is 5.77. The lowest BCUT2D eigenvalue weighted by atomic mass is 9.79. The Morgan fingerprint density at radius 3 is 2.46 bits per heavy atom. The van der Waals surface area contributed by atoms with Crippen LogP contribution in [0.2, 0.25) is 0 Å². The third kappa shape index (κ3) is 5.89. The van der Waals surface area contributed by atoms with Crippen LogP contribution < -0.4 is 5.32 Å². The highest BCUT2D eigenvalue weighted by molar-refractivity contribution is 6.20. The predicted octanol–water partition coefficient (Wildman–Crippen LogP) is 5.31. The highest BCUT2D eigenvalue weighted by atomic mass is 35.5. The van der Waals surface area contributed by atoms with Gasteiger partial charge in [-0.25, -0.2) is 9.59 Å². The van der Waals surface area contributed by atoms with Gasteiger partial charge in [-0.1, -0.05) is 42.5 Å². The van der Waals surface area contributed by atoms with Gasteiger partial charge in [0.15, 0.2) is 0 Å². The molecule has 0 fully saturated rings. The van der Waals surface area contributed by atoms with Crippen molar-refractivity contribution in [2.45, 2.75) is 38.0 Å². The highest BCUT2D eigenvalue weighted by Crippen LogP contribution is 2.42. The topological polar surface area (TPSA) is 108 Å². The normalized spacial score (nSPS) is 16.4. The SMILES string of the molecule is CCOC(=O)C1=C(CCC(Cl)c2ccccc2)NC(C)=C(C(=O)OC)C1c1cccc([N+](=O)[O-])c1. The van der Waals surface area contributed by atoms with Gasteiger partial charge in [0, 0.05) is 23.5 Å². The largest absolute Gasteiger partial charge is 0.466 e. The number of allylic oxidation sites excluding steroid dienone is 2. The van der Waals surface area contributed by atoms with Crippen molar-refractivity contribution in [2.24, 2.45) is 0 Å². The van der Waals surface area contributed by atoms with Crippen molar-refractivity contribution in [3.05, 3.63) is 98.4 Å². The number of carbonyl (C=O) groups excluding carboxylic acids is 2. The maximum Gasteiger partial charge on any atom is 0.336 e. The van der Waals surface area contributed by atoms with Crippen LogP contribution >= 0.6 is 11.6 Å². The van der Waals surface area contributed by atoms with Crippen LogP contribution in [0.4, 0.5) is 5.69 Å². The van der Waals surface area contributed by atoms with Crippen molar-refractivity contribution in [3.8, 4) is 0 Å². The molecule has 0 saturated carbocycles. The second-order valence-electron chi connectivity index (χ2n) is 7.97. The Kier molecular flexibility index (Phi) is 8.65. The van der Waals surface area contributed by atoms with Gasteiger partial charge >= 0.3 is 11.9 Å². The van der Waals surface area contributed by atoms with Crippen LogP contribution in [0.5, 0.6) is 0 Å². The first-order valence-corrected chi connectivity index (χ1v) is 11.6. The van der Waals surface area contributed by atoms with Crippen molar-refractivity contribution >= 4 is 29.2 Å². The first-order chi connectivity index (χ1) is 16.8. The van der Waals surface area contributed by atoms with Gasteiger partial charge in [-0.2, -0.15) is 0 Å². The summed E-state index contributed by atoms with van der Waals surface area (Å²) < 4.78 is 10.4. The van der Waals surface area contributed by atoms with E-state index in [1.807, 2.05) is 30.3 Å². The Balaban J connectivity index is 2.12. The minimum Gasteiger partial charge on any atom is -0.466 e. The Bertz CT molecular complexity index is 1180. The number of hydrogen-bond acceptors (Lipinski definition) is 7. The fourth-order valence-electron chi connectivity index (χ4n) is 4.17. The van der Waals surface area contributed by atoms with Crippen LogP contribution in [0.25, 0.3) is 0 Å². The molecule has 35 heavy (non-hydrogen) atoms. The third-order valence-corrected chi connectivity index (χ3v) is 6.24. The number of nitrogens with one attached hydrogen (secondary N) is 1. The number of methoxy groups -OCH3 is 1. The number of nitro groups is 1. The van der Waals surface area contributed by atoms with E-state index in [4.69, 9.17) is 21.1 Å². The molecule has 2 unspecified atom stereocenters. The minimum atomic E-state index is -0.914. The van der Waals surface area contributed by atoms with Gasteiger partial charge in [0.2, 0.25) is 0 Å². The Hall–Kier alpha value is -3.65. The van der Waals surface area contributed by atoms with Crippen LogP contribution in [0, 0.1) is 10.1 Å². The van der Waals surface area contributed by atoms with E-state index in [0.29, 0.717) is 29.8 Å². The summed E-state index contributed by atoms with van der Waals surface area (Å²) in [7, 11) is 1.24. The average Bonchev–Trinajstić information content (AvgIpc) is 2.86. The molecule has 1 heterocycles. The van der Waals surface area contributed by atoms with E-state index in [-0.39, 0.29) is 28.8 Å². The molecule has 9 heteroatoms. The van der Waals surface area contributed by atoms with E-state index in [0.717, 1.165) is 5.56 Å². The molecule has 2 aromatic rings. The number of nitro benzene ring substituents is 1. The van der Waals surface area contributed by atoms with Gasteiger partial charge < -0.3 is 14.8 Å². The molecular formula is C26H27ClN2O6. The van der Waals surface area contributed by atoms with Crippen LogP contribution in [-0.4, -0.2) is 30.6 Å². The molecule has 0 spiro atoms. The van der Waals surface area contributed by atoms with Gasteiger partial charge in [-0.05, 0) is 37.8 Å². The van der Waals surface area contributed by atoms with Gasteiger partial charge in [0.05, 0.1) is 41.1 Å². The second-order valence-corrected chi connectivity index (χ2v) is 8.50. The molecule has 0 bridgehead atoms.